The number of benzene rings is 3. The Morgan fingerprint density at radius 1 is 0.967 bits per heavy atom. The minimum Gasteiger partial charge on any atom is -0.477 e. The summed E-state index contributed by atoms with van der Waals surface area (Å²) >= 11 is 0. The highest BCUT2D eigenvalue weighted by Crippen LogP contribution is 2.33. The van der Waals surface area contributed by atoms with Crippen LogP contribution in [0.3, 0.4) is 0 Å². The molecule has 0 saturated heterocycles. The standard InChI is InChI=1S/C24H22N2O4/c1-25-24(29)22-15-26(19-8-4-5-9-21(19)30-22)23(28)13-12-20(27)18-11-10-16-6-2-3-7-17(16)14-18/h2-11,14,22H,12-13,15H2,1H3,(H,25,29)/t22-/m1/s1. The van der Waals surface area contributed by atoms with Crippen molar-refractivity contribution < 1.29 is 19.1 Å². The van der Waals surface area contributed by atoms with Crippen LogP contribution < -0.4 is 15.0 Å². The van der Waals surface area contributed by atoms with Crippen molar-refractivity contribution >= 4 is 34.1 Å². The quantitative estimate of drug-likeness (QED) is 0.664. The van der Waals surface area contributed by atoms with Crippen LogP contribution in [-0.2, 0) is 9.59 Å². The van der Waals surface area contributed by atoms with Crippen molar-refractivity contribution in [3.63, 3.8) is 0 Å². The number of fused-ring (bicyclic) bond motifs is 2. The lowest BCUT2D eigenvalue weighted by Gasteiger charge is -2.34. The normalized spacial score (nSPS) is 15.2. The number of hydrogen-bond donors (Lipinski definition) is 1. The summed E-state index contributed by atoms with van der Waals surface area (Å²) in [5.74, 6) is -0.117. The van der Waals surface area contributed by atoms with Gasteiger partial charge in [-0.1, -0.05) is 48.5 Å². The van der Waals surface area contributed by atoms with Gasteiger partial charge in [-0.2, -0.15) is 0 Å². The Hall–Kier alpha value is -3.67. The van der Waals surface area contributed by atoms with Gasteiger partial charge >= 0.3 is 0 Å². The maximum absolute atomic E-state index is 13.0. The molecular weight excluding hydrogens is 380 g/mol. The molecule has 3 aromatic rings. The third-order valence-electron chi connectivity index (χ3n) is 5.25. The van der Waals surface area contributed by atoms with Crippen molar-refractivity contribution in [1.82, 2.24) is 5.32 Å². The zero-order chi connectivity index (χ0) is 21.1. The number of para-hydroxylation sites is 2. The average Bonchev–Trinajstić information content (AvgIpc) is 2.80. The van der Waals surface area contributed by atoms with E-state index in [-0.39, 0.29) is 37.0 Å². The largest absolute Gasteiger partial charge is 0.477 e. The summed E-state index contributed by atoms with van der Waals surface area (Å²) in [6.45, 7) is 0.111. The first kappa shape index (κ1) is 19.6. The Balaban J connectivity index is 1.48. The topological polar surface area (TPSA) is 75.7 Å². The van der Waals surface area contributed by atoms with Gasteiger partial charge in [0.1, 0.15) is 5.75 Å². The van der Waals surface area contributed by atoms with Crippen LogP contribution in [0.2, 0.25) is 0 Å². The summed E-state index contributed by atoms with van der Waals surface area (Å²) in [7, 11) is 1.53. The van der Waals surface area contributed by atoms with Crippen molar-refractivity contribution in [3.05, 3.63) is 72.3 Å². The van der Waals surface area contributed by atoms with E-state index in [0.29, 0.717) is 17.0 Å². The van der Waals surface area contributed by atoms with Crippen molar-refractivity contribution in [2.75, 3.05) is 18.5 Å². The van der Waals surface area contributed by atoms with Crippen LogP contribution >= 0.6 is 0 Å². The Morgan fingerprint density at radius 3 is 2.50 bits per heavy atom. The molecule has 0 aliphatic carbocycles. The third kappa shape index (κ3) is 3.89. The maximum atomic E-state index is 13.0. The van der Waals surface area contributed by atoms with Gasteiger partial charge in [0.25, 0.3) is 5.91 Å². The lowest BCUT2D eigenvalue weighted by Crippen LogP contribution is -2.50. The lowest BCUT2D eigenvalue weighted by molar-refractivity contribution is -0.127. The Morgan fingerprint density at radius 2 is 1.70 bits per heavy atom. The van der Waals surface area contributed by atoms with Crippen LogP contribution in [-0.4, -0.2) is 37.3 Å². The van der Waals surface area contributed by atoms with E-state index in [1.807, 2.05) is 42.5 Å². The number of carbonyl (C=O) groups excluding carboxylic acids is 3. The summed E-state index contributed by atoms with van der Waals surface area (Å²) in [4.78, 5) is 39.2. The van der Waals surface area contributed by atoms with Crippen molar-refractivity contribution in [3.8, 4) is 5.75 Å². The third-order valence-corrected chi connectivity index (χ3v) is 5.25. The van der Waals surface area contributed by atoms with Crippen LogP contribution in [0.5, 0.6) is 5.75 Å². The van der Waals surface area contributed by atoms with E-state index in [9.17, 15) is 14.4 Å². The molecule has 152 valence electrons. The minimum atomic E-state index is -0.787. The molecule has 0 fully saturated rings. The number of hydrogen-bond acceptors (Lipinski definition) is 4. The first-order chi connectivity index (χ1) is 14.6. The molecule has 0 saturated carbocycles. The molecule has 1 atom stereocenters. The molecule has 6 heteroatoms. The van der Waals surface area contributed by atoms with Gasteiger partial charge in [-0.05, 0) is 29.0 Å². The van der Waals surface area contributed by atoms with Gasteiger partial charge in [0.2, 0.25) is 5.91 Å². The van der Waals surface area contributed by atoms with Gasteiger partial charge in [0.15, 0.2) is 11.9 Å². The molecule has 0 unspecified atom stereocenters. The fourth-order valence-corrected chi connectivity index (χ4v) is 3.63. The number of amides is 2. The molecule has 6 nitrogen and oxygen atoms in total. The fourth-order valence-electron chi connectivity index (χ4n) is 3.63. The van der Waals surface area contributed by atoms with E-state index >= 15 is 0 Å². The van der Waals surface area contributed by atoms with Gasteiger partial charge in [-0.15, -0.1) is 0 Å². The second kappa shape index (κ2) is 8.37. The predicted octanol–water partition coefficient (Wildman–Crippen LogP) is 3.34. The van der Waals surface area contributed by atoms with Crippen LogP contribution in [0.1, 0.15) is 23.2 Å². The number of likely N-dealkylation sites (N-methyl/N-ethyl adjacent to an activating group) is 1. The van der Waals surface area contributed by atoms with Crippen LogP contribution in [0.4, 0.5) is 5.69 Å². The van der Waals surface area contributed by atoms with Crippen molar-refractivity contribution in [2.24, 2.45) is 0 Å². The molecule has 0 bridgehead atoms. The van der Waals surface area contributed by atoms with Crippen LogP contribution in [0.15, 0.2) is 66.7 Å². The summed E-state index contributed by atoms with van der Waals surface area (Å²) in [5, 5.41) is 4.61. The van der Waals surface area contributed by atoms with E-state index < -0.39 is 6.10 Å². The number of rotatable bonds is 5. The second-order valence-corrected chi connectivity index (χ2v) is 7.18. The van der Waals surface area contributed by atoms with Crippen molar-refractivity contribution in [2.45, 2.75) is 18.9 Å². The van der Waals surface area contributed by atoms with E-state index in [2.05, 4.69) is 5.32 Å². The Labute approximate surface area is 174 Å². The van der Waals surface area contributed by atoms with Crippen LogP contribution in [0, 0.1) is 0 Å². The van der Waals surface area contributed by atoms with E-state index in [1.54, 1.807) is 24.3 Å². The van der Waals surface area contributed by atoms with E-state index in [4.69, 9.17) is 4.74 Å². The molecule has 3 aromatic carbocycles. The fraction of sp³-hybridized carbons (Fsp3) is 0.208. The first-order valence-corrected chi connectivity index (χ1v) is 9.86. The number of ether oxygens (including phenoxy) is 1. The van der Waals surface area contributed by atoms with Gasteiger partial charge < -0.3 is 15.0 Å². The molecule has 1 aliphatic rings. The zero-order valence-electron chi connectivity index (χ0n) is 16.6. The molecule has 1 heterocycles. The van der Waals surface area contributed by atoms with Crippen LogP contribution in [0.25, 0.3) is 10.8 Å². The van der Waals surface area contributed by atoms with Gasteiger partial charge in [0, 0.05) is 25.5 Å². The molecule has 2 amide bonds. The summed E-state index contributed by atoms with van der Waals surface area (Å²) in [6.07, 6.45) is -0.632. The number of Topliss-reactive ketones (excluding diaryl/α,β-unsaturated/α-hetero) is 1. The highest BCUT2D eigenvalue weighted by atomic mass is 16.5. The Bertz CT molecular complexity index is 1120. The summed E-state index contributed by atoms with van der Waals surface area (Å²) in [6, 6.07) is 20.5. The Kier molecular flexibility index (Phi) is 5.48. The molecule has 0 radical (unpaired) electrons. The highest BCUT2D eigenvalue weighted by molar-refractivity contribution is 6.03. The zero-order valence-corrected chi connectivity index (χ0v) is 16.6. The SMILES string of the molecule is CNC(=O)[C@H]1CN(C(=O)CCC(=O)c2ccc3ccccc3c2)c2ccccc2O1. The van der Waals surface area contributed by atoms with Gasteiger partial charge in [-0.3, -0.25) is 14.4 Å². The van der Waals surface area contributed by atoms with Crippen molar-refractivity contribution in [1.29, 1.82) is 0 Å². The molecule has 1 aliphatic heterocycles. The predicted molar refractivity (Wildman–Crippen MR) is 115 cm³/mol. The molecule has 30 heavy (non-hydrogen) atoms. The van der Waals surface area contributed by atoms with Gasteiger partial charge in [-0.25, -0.2) is 0 Å². The molecule has 0 spiro atoms. The molecule has 1 N–H and O–H groups in total. The average molecular weight is 402 g/mol. The monoisotopic (exact) mass is 402 g/mol. The summed E-state index contributed by atoms with van der Waals surface area (Å²) in [5.41, 5.74) is 1.20. The molecular formula is C24H22N2O4. The maximum Gasteiger partial charge on any atom is 0.262 e. The minimum absolute atomic E-state index is 0.0560. The molecule has 0 aromatic heterocycles. The number of nitrogens with one attached hydrogen (secondary N) is 1. The highest BCUT2D eigenvalue weighted by Gasteiger charge is 2.33. The first-order valence-electron chi connectivity index (χ1n) is 9.86. The van der Waals surface area contributed by atoms with Gasteiger partial charge in [0.05, 0.1) is 12.2 Å². The number of carbonyl (C=O) groups is 3. The van der Waals surface area contributed by atoms with E-state index in [0.717, 1.165) is 10.8 Å². The lowest BCUT2D eigenvalue weighted by atomic mass is 10.0. The van der Waals surface area contributed by atoms with E-state index in [1.165, 1.54) is 11.9 Å². The number of nitrogens with zero attached hydrogens (tertiary/aromatic N) is 1. The number of anilines is 1. The number of ketones is 1. The smallest absolute Gasteiger partial charge is 0.262 e. The molecule has 4 rings (SSSR count). The summed E-state index contributed by atoms with van der Waals surface area (Å²) < 4.78 is 5.73. The second-order valence-electron chi connectivity index (χ2n) is 7.18.